The van der Waals surface area contributed by atoms with E-state index in [0.717, 1.165) is 28.5 Å². The van der Waals surface area contributed by atoms with Crippen molar-refractivity contribution in [1.82, 2.24) is 5.32 Å². The third-order valence-electron chi connectivity index (χ3n) is 4.50. The van der Waals surface area contributed by atoms with Gasteiger partial charge in [0, 0.05) is 10.5 Å². The van der Waals surface area contributed by atoms with Crippen LogP contribution in [-0.2, 0) is 6.42 Å². The van der Waals surface area contributed by atoms with E-state index in [-0.39, 0.29) is 0 Å². The second-order valence-electron chi connectivity index (χ2n) is 5.63. The van der Waals surface area contributed by atoms with Gasteiger partial charge in [-0.05, 0) is 55.5 Å². The summed E-state index contributed by atoms with van der Waals surface area (Å²) in [6.45, 7) is 2.39. The van der Waals surface area contributed by atoms with Crippen LogP contribution >= 0.6 is 15.9 Å². The van der Waals surface area contributed by atoms with E-state index in [1.807, 2.05) is 12.1 Å². The molecule has 0 aliphatic heterocycles. The first-order valence-electron chi connectivity index (χ1n) is 7.15. The minimum atomic E-state index is 0.542. The third kappa shape index (κ3) is 3.51. The fourth-order valence-corrected chi connectivity index (χ4v) is 3.79. The molecule has 0 spiro atoms. The number of hydrogen-bond donors (Lipinski definition) is 1. The Hall–Kier alpha value is -0.540. The smallest absolute Gasteiger partial charge is 0.122 e. The first-order chi connectivity index (χ1) is 9.15. The molecule has 0 radical (unpaired) electrons. The van der Waals surface area contributed by atoms with Crippen LogP contribution in [0.3, 0.4) is 0 Å². The predicted molar refractivity (Wildman–Crippen MR) is 83.8 cm³/mol. The molecular formula is C16H24BrNO. The van der Waals surface area contributed by atoms with Crippen molar-refractivity contribution in [2.75, 3.05) is 14.2 Å². The summed E-state index contributed by atoms with van der Waals surface area (Å²) in [6, 6.07) is 6.81. The Balaban J connectivity index is 2.15. The van der Waals surface area contributed by atoms with Crippen LogP contribution in [-0.4, -0.2) is 20.2 Å². The molecule has 1 aromatic carbocycles. The first kappa shape index (κ1) is 14.9. The zero-order valence-electron chi connectivity index (χ0n) is 12.1. The predicted octanol–water partition coefficient (Wildman–Crippen LogP) is 4.02. The summed E-state index contributed by atoms with van der Waals surface area (Å²) in [5.41, 5.74) is 1.29. The zero-order chi connectivity index (χ0) is 13.8. The Kier molecular flexibility index (Phi) is 5.28. The number of methoxy groups -OCH3 is 1. The van der Waals surface area contributed by atoms with Gasteiger partial charge in [0.15, 0.2) is 0 Å². The van der Waals surface area contributed by atoms with Crippen LogP contribution in [0.2, 0.25) is 0 Å². The highest BCUT2D eigenvalue weighted by Crippen LogP contribution is 2.35. The number of ether oxygens (including phenoxy) is 1. The Labute approximate surface area is 125 Å². The molecule has 1 fully saturated rings. The van der Waals surface area contributed by atoms with E-state index in [1.165, 1.54) is 24.8 Å². The van der Waals surface area contributed by atoms with E-state index in [0.29, 0.717) is 6.04 Å². The summed E-state index contributed by atoms with van der Waals surface area (Å²) >= 11 is 3.56. The van der Waals surface area contributed by atoms with Crippen molar-refractivity contribution in [2.24, 2.45) is 11.8 Å². The van der Waals surface area contributed by atoms with Crippen LogP contribution in [0.5, 0.6) is 5.75 Å². The van der Waals surface area contributed by atoms with Gasteiger partial charge in [0.25, 0.3) is 0 Å². The largest absolute Gasteiger partial charge is 0.496 e. The second-order valence-corrected chi connectivity index (χ2v) is 6.54. The van der Waals surface area contributed by atoms with Crippen LogP contribution in [0.1, 0.15) is 31.7 Å². The Bertz CT molecular complexity index is 421. The fourth-order valence-electron chi connectivity index (χ4n) is 3.38. The number of benzene rings is 1. The van der Waals surface area contributed by atoms with Gasteiger partial charge in [-0.1, -0.05) is 35.7 Å². The topological polar surface area (TPSA) is 21.3 Å². The molecule has 1 N–H and O–H groups in total. The van der Waals surface area contributed by atoms with Crippen LogP contribution in [0.4, 0.5) is 0 Å². The average Bonchev–Trinajstić information content (AvgIpc) is 2.82. The van der Waals surface area contributed by atoms with Gasteiger partial charge in [-0.3, -0.25) is 0 Å². The maximum atomic E-state index is 5.49. The van der Waals surface area contributed by atoms with Crippen LogP contribution in [0, 0.1) is 11.8 Å². The molecule has 2 nitrogen and oxygen atoms in total. The van der Waals surface area contributed by atoms with E-state index in [1.54, 1.807) is 7.11 Å². The minimum Gasteiger partial charge on any atom is -0.496 e. The molecular weight excluding hydrogens is 302 g/mol. The highest BCUT2D eigenvalue weighted by molar-refractivity contribution is 9.10. The van der Waals surface area contributed by atoms with E-state index in [9.17, 15) is 0 Å². The highest BCUT2D eigenvalue weighted by atomic mass is 79.9. The van der Waals surface area contributed by atoms with Gasteiger partial charge >= 0.3 is 0 Å². The molecule has 1 saturated carbocycles. The molecule has 1 aliphatic rings. The van der Waals surface area contributed by atoms with Crippen molar-refractivity contribution >= 4 is 15.9 Å². The van der Waals surface area contributed by atoms with Crippen molar-refractivity contribution in [3.8, 4) is 5.75 Å². The number of rotatable bonds is 5. The second kappa shape index (κ2) is 6.76. The highest BCUT2D eigenvalue weighted by Gasteiger charge is 2.30. The quantitative estimate of drug-likeness (QED) is 0.882. The van der Waals surface area contributed by atoms with Crippen molar-refractivity contribution in [3.05, 3.63) is 28.2 Å². The van der Waals surface area contributed by atoms with E-state index >= 15 is 0 Å². The van der Waals surface area contributed by atoms with E-state index < -0.39 is 0 Å². The van der Waals surface area contributed by atoms with Crippen LogP contribution in [0.25, 0.3) is 0 Å². The van der Waals surface area contributed by atoms with Gasteiger partial charge in [-0.2, -0.15) is 0 Å². The lowest BCUT2D eigenvalue weighted by Gasteiger charge is -2.27. The van der Waals surface area contributed by atoms with Gasteiger partial charge in [0.1, 0.15) is 5.75 Å². The zero-order valence-corrected chi connectivity index (χ0v) is 13.7. The summed E-state index contributed by atoms with van der Waals surface area (Å²) in [6.07, 6.45) is 5.13. The molecule has 0 aromatic heterocycles. The Morgan fingerprint density at radius 3 is 2.79 bits per heavy atom. The van der Waals surface area contributed by atoms with Crippen LogP contribution < -0.4 is 10.1 Å². The lowest BCUT2D eigenvalue weighted by Crippen LogP contribution is -2.36. The van der Waals surface area contributed by atoms with Gasteiger partial charge in [-0.15, -0.1) is 0 Å². The van der Waals surface area contributed by atoms with Gasteiger partial charge < -0.3 is 10.1 Å². The van der Waals surface area contributed by atoms with Crippen LogP contribution in [0.15, 0.2) is 22.7 Å². The van der Waals surface area contributed by atoms with Gasteiger partial charge in [0.2, 0.25) is 0 Å². The normalized spacial score (nSPS) is 24.4. The fraction of sp³-hybridized carbons (Fsp3) is 0.625. The molecule has 0 amide bonds. The van der Waals surface area contributed by atoms with Crippen molar-refractivity contribution in [2.45, 2.75) is 38.6 Å². The molecule has 1 aliphatic carbocycles. The van der Waals surface area contributed by atoms with E-state index in [2.05, 4.69) is 41.3 Å². The van der Waals surface area contributed by atoms with Crippen molar-refractivity contribution in [1.29, 1.82) is 0 Å². The summed E-state index contributed by atoms with van der Waals surface area (Å²) < 4.78 is 6.61. The molecule has 3 heteroatoms. The molecule has 106 valence electrons. The van der Waals surface area contributed by atoms with E-state index in [4.69, 9.17) is 4.74 Å². The average molecular weight is 326 g/mol. The molecule has 3 unspecified atom stereocenters. The molecule has 3 atom stereocenters. The summed E-state index contributed by atoms with van der Waals surface area (Å²) in [5, 5.41) is 3.52. The van der Waals surface area contributed by atoms with Crippen molar-refractivity contribution < 1.29 is 4.74 Å². The number of likely N-dealkylation sites (N-methyl/N-ethyl adjacent to an activating group) is 1. The molecule has 2 rings (SSSR count). The molecule has 1 aromatic rings. The molecule has 19 heavy (non-hydrogen) atoms. The molecule has 0 saturated heterocycles. The number of hydrogen-bond acceptors (Lipinski definition) is 2. The Morgan fingerprint density at radius 2 is 2.21 bits per heavy atom. The SMILES string of the molecule is CNC(Cc1cc(Br)ccc1OC)C1CCCC1C. The number of nitrogens with one attached hydrogen (secondary N) is 1. The first-order valence-corrected chi connectivity index (χ1v) is 7.94. The number of halogens is 1. The summed E-state index contributed by atoms with van der Waals surface area (Å²) in [5.74, 6) is 2.61. The van der Waals surface area contributed by atoms with Gasteiger partial charge in [-0.25, -0.2) is 0 Å². The maximum absolute atomic E-state index is 5.49. The monoisotopic (exact) mass is 325 g/mol. The standard InChI is InChI=1S/C16H24BrNO/c1-11-5-4-6-14(11)15(18-2)10-12-9-13(17)7-8-16(12)19-3/h7-9,11,14-15,18H,4-6,10H2,1-3H3. The molecule has 0 bridgehead atoms. The van der Waals surface area contributed by atoms with Gasteiger partial charge in [0.05, 0.1) is 7.11 Å². The third-order valence-corrected chi connectivity index (χ3v) is 4.99. The Morgan fingerprint density at radius 1 is 1.42 bits per heavy atom. The maximum Gasteiger partial charge on any atom is 0.122 e. The lowest BCUT2D eigenvalue weighted by molar-refractivity contribution is 0.305. The molecule has 0 heterocycles. The summed E-state index contributed by atoms with van der Waals surface area (Å²) in [4.78, 5) is 0. The lowest BCUT2D eigenvalue weighted by atomic mass is 9.86. The summed E-state index contributed by atoms with van der Waals surface area (Å²) in [7, 11) is 3.83. The minimum absolute atomic E-state index is 0.542. The van der Waals surface area contributed by atoms with Crippen molar-refractivity contribution in [3.63, 3.8) is 0 Å².